The monoisotopic (exact) mass is 183 g/mol. The van der Waals surface area contributed by atoms with Gasteiger partial charge in [0.2, 0.25) is 5.24 Å². The number of hydrogen-bond donors (Lipinski definition) is 1. The smallest absolute Gasteiger partial charge is 0.241 e. The predicted octanol–water partition coefficient (Wildman–Crippen LogP) is 1.45. The van der Waals surface area contributed by atoms with Crippen LogP contribution in [0.25, 0.3) is 0 Å². The molecule has 0 aliphatic heterocycles. The highest BCUT2D eigenvalue weighted by molar-refractivity contribution is 6.65. The Bertz CT molecular complexity index is 132. The number of carbonyl (C=O) groups is 1. The number of hydrogen-bond acceptors (Lipinski definition) is 2. The second-order valence-electron chi connectivity index (χ2n) is 2.64. The van der Waals surface area contributed by atoms with Crippen molar-refractivity contribution < 1.29 is 4.79 Å². The summed E-state index contributed by atoms with van der Waals surface area (Å²) in [5, 5.41) is -0.375. The Balaban J connectivity index is 0.000000810. The van der Waals surface area contributed by atoms with Crippen LogP contribution < -0.4 is 5.73 Å². The van der Waals surface area contributed by atoms with Gasteiger partial charge in [-0.1, -0.05) is 12.8 Å². The zero-order valence-electron chi connectivity index (χ0n) is 5.60. The summed E-state index contributed by atoms with van der Waals surface area (Å²) in [5.41, 5.74) is 4.94. The highest BCUT2D eigenvalue weighted by Gasteiger charge is 2.35. The predicted molar refractivity (Wildman–Crippen MR) is 43.5 cm³/mol. The maximum absolute atomic E-state index is 10.6. The Labute approximate surface area is 71.5 Å². The van der Waals surface area contributed by atoms with Gasteiger partial charge >= 0.3 is 0 Å². The molecule has 0 aromatic heterocycles. The van der Waals surface area contributed by atoms with E-state index in [0.717, 1.165) is 25.7 Å². The van der Waals surface area contributed by atoms with Gasteiger partial charge in [0.25, 0.3) is 0 Å². The molecule has 2 N–H and O–H groups in total. The zero-order valence-corrected chi connectivity index (χ0v) is 7.17. The molecule has 0 saturated heterocycles. The lowest BCUT2D eigenvalue weighted by Crippen LogP contribution is -2.42. The van der Waals surface area contributed by atoms with Crippen molar-refractivity contribution in [3.63, 3.8) is 0 Å². The third kappa shape index (κ3) is 1.84. The average Bonchev–Trinajstić information content (AvgIpc) is 2.16. The Morgan fingerprint density at radius 1 is 1.40 bits per heavy atom. The molecule has 1 aliphatic rings. The highest BCUT2D eigenvalue weighted by Crippen LogP contribution is 2.28. The zero-order chi connectivity index (χ0) is 6.91. The largest absolute Gasteiger partial charge is 0.318 e. The standard InChI is InChI=1S/C6H10ClNO.ClH/c7-5(9)6(8)3-1-2-4-6;/h1-4,8H2;1H. The lowest BCUT2D eigenvalue weighted by atomic mass is 10.0. The molecule has 60 valence electrons. The second-order valence-corrected chi connectivity index (χ2v) is 2.98. The lowest BCUT2D eigenvalue weighted by molar-refractivity contribution is -0.116. The lowest BCUT2D eigenvalue weighted by Gasteiger charge is -2.16. The first kappa shape index (κ1) is 10.2. The summed E-state index contributed by atoms with van der Waals surface area (Å²) in [7, 11) is 0. The van der Waals surface area contributed by atoms with E-state index in [9.17, 15) is 4.79 Å². The van der Waals surface area contributed by atoms with Gasteiger partial charge in [0.15, 0.2) is 0 Å². The first-order valence-electron chi connectivity index (χ1n) is 3.14. The molecular weight excluding hydrogens is 173 g/mol. The molecule has 2 nitrogen and oxygen atoms in total. The van der Waals surface area contributed by atoms with Gasteiger partial charge in [0.05, 0.1) is 5.54 Å². The molecule has 0 aromatic rings. The highest BCUT2D eigenvalue weighted by atomic mass is 35.5. The van der Waals surface area contributed by atoms with E-state index in [4.69, 9.17) is 17.3 Å². The van der Waals surface area contributed by atoms with Crippen LogP contribution in [0.1, 0.15) is 25.7 Å². The Hall–Kier alpha value is 0.210. The van der Waals surface area contributed by atoms with E-state index in [1.54, 1.807) is 0 Å². The summed E-state index contributed by atoms with van der Waals surface area (Å²) in [6.45, 7) is 0. The molecule has 0 atom stereocenters. The number of rotatable bonds is 1. The van der Waals surface area contributed by atoms with Gasteiger partial charge in [-0.05, 0) is 24.4 Å². The second kappa shape index (κ2) is 3.56. The number of nitrogens with two attached hydrogens (primary N) is 1. The van der Waals surface area contributed by atoms with Gasteiger partial charge in [0.1, 0.15) is 0 Å². The Morgan fingerprint density at radius 3 is 2.00 bits per heavy atom. The SMILES string of the molecule is Cl.NC1(C(=O)Cl)CCCC1. The summed E-state index contributed by atoms with van der Waals surface area (Å²) < 4.78 is 0. The summed E-state index contributed by atoms with van der Waals surface area (Å²) in [6, 6.07) is 0. The molecule has 1 aliphatic carbocycles. The van der Waals surface area contributed by atoms with Crippen LogP contribution in [0.3, 0.4) is 0 Å². The number of carbonyl (C=O) groups excluding carboxylic acids is 1. The fourth-order valence-electron chi connectivity index (χ4n) is 1.20. The molecule has 0 aromatic carbocycles. The quantitative estimate of drug-likeness (QED) is 0.626. The van der Waals surface area contributed by atoms with Crippen LogP contribution in [0.15, 0.2) is 0 Å². The van der Waals surface area contributed by atoms with Gasteiger partial charge in [-0.15, -0.1) is 12.4 Å². The van der Waals surface area contributed by atoms with Gasteiger partial charge < -0.3 is 5.73 Å². The van der Waals surface area contributed by atoms with Crippen LogP contribution in [-0.2, 0) is 4.79 Å². The van der Waals surface area contributed by atoms with Crippen molar-refractivity contribution in [1.82, 2.24) is 0 Å². The first-order chi connectivity index (χ1) is 4.15. The molecular formula is C6H11Cl2NO. The summed E-state index contributed by atoms with van der Waals surface area (Å²) in [5.74, 6) is 0. The first-order valence-corrected chi connectivity index (χ1v) is 3.52. The fraction of sp³-hybridized carbons (Fsp3) is 0.833. The molecule has 10 heavy (non-hydrogen) atoms. The molecule has 4 heteroatoms. The Morgan fingerprint density at radius 2 is 1.80 bits per heavy atom. The van der Waals surface area contributed by atoms with Crippen molar-refractivity contribution in [1.29, 1.82) is 0 Å². The normalized spacial score (nSPS) is 21.8. The van der Waals surface area contributed by atoms with E-state index in [1.165, 1.54) is 0 Å². The van der Waals surface area contributed by atoms with Crippen LogP contribution in [0, 0.1) is 0 Å². The van der Waals surface area contributed by atoms with Gasteiger partial charge in [-0.25, -0.2) is 0 Å². The third-order valence-electron chi connectivity index (χ3n) is 1.89. The third-order valence-corrected chi connectivity index (χ3v) is 2.26. The molecule has 1 saturated carbocycles. The minimum atomic E-state index is -0.679. The van der Waals surface area contributed by atoms with Crippen molar-refractivity contribution in [3.05, 3.63) is 0 Å². The fourth-order valence-corrected chi connectivity index (χ4v) is 1.39. The van der Waals surface area contributed by atoms with Crippen LogP contribution >= 0.6 is 24.0 Å². The summed E-state index contributed by atoms with van der Waals surface area (Å²) >= 11 is 5.26. The summed E-state index contributed by atoms with van der Waals surface area (Å²) in [6.07, 6.45) is 3.59. The van der Waals surface area contributed by atoms with E-state index >= 15 is 0 Å². The van der Waals surface area contributed by atoms with Crippen molar-refractivity contribution in [2.75, 3.05) is 0 Å². The van der Waals surface area contributed by atoms with Crippen molar-refractivity contribution in [3.8, 4) is 0 Å². The minimum Gasteiger partial charge on any atom is -0.318 e. The van der Waals surface area contributed by atoms with Crippen molar-refractivity contribution >= 4 is 29.3 Å². The maximum atomic E-state index is 10.6. The van der Waals surface area contributed by atoms with Crippen LogP contribution in [-0.4, -0.2) is 10.8 Å². The van der Waals surface area contributed by atoms with Crippen LogP contribution in [0.2, 0.25) is 0 Å². The molecule has 1 rings (SSSR count). The van der Waals surface area contributed by atoms with Gasteiger partial charge in [0, 0.05) is 0 Å². The summed E-state index contributed by atoms with van der Waals surface area (Å²) in [4.78, 5) is 10.6. The number of halogens is 2. The Kier molecular flexibility index (Phi) is 3.63. The van der Waals surface area contributed by atoms with Crippen LogP contribution in [0.4, 0.5) is 0 Å². The van der Waals surface area contributed by atoms with E-state index in [-0.39, 0.29) is 17.6 Å². The molecule has 0 unspecified atom stereocenters. The van der Waals surface area contributed by atoms with E-state index in [2.05, 4.69) is 0 Å². The van der Waals surface area contributed by atoms with Crippen LogP contribution in [0.5, 0.6) is 0 Å². The van der Waals surface area contributed by atoms with Crippen molar-refractivity contribution in [2.24, 2.45) is 5.73 Å². The van der Waals surface area contributed by atoms with E-state index in [0.29, 0.717) is 0 Å². The van der Waals surface area contributed by atoms with Crippen molar-refractivity contribution in [2.45, 2.75) is 31.2 Å². The minimum absolute atomic E-state index is 0. The van der Waals surface area contributed by atoms with Gasteiger partial charge in [-0.3, -0.25) is 4.79 Å². The maximum Gasteiger partial charge on any atom is 0.241 e. The molecule has 0 heterocycles. The molecule has 0 radical (unpaired) electrons. The molecule has 0 bridgehead atoms. The average molecular weight is 184 g/mol. The van der Waals surface area contributed by atoms with Gasteiger partial charge in [-0.2, -0.15) is 0 Å². The van der Waals surface area contributed by atoms with E-state index in [1.807, 2.05) is 0 Å². The molecule has 0 spiro atoms. The molecule has 0 amide bonds. The topological polar surface area (TPSA) is 43.1 Å². The van der Waals surface area contributed by atoms with E-state index < -0.39 is 5.54 Å². The molecule has 1 fully saturated rings.